The van der Waals surface area contributed by atoms with E-state index in [0.717, 1.165) is 19.4 Å². The fraction of sp³-hybridized carbons (Fsp3) is 0.600. The second-order valence-electron chi connectivity index (χ2n) is 3.38. The molecule has 0 aliphatic carbocycles. The lowest BCUT2D eigenvalue weighted by molar-refractivity contribution is 0.301. The molecule has 0 radical (unpaired) electrons. The van der Waals surface area contributed by atoms with Gasteiger partial charge in [-0.1, -0.05) is 13.3 Å². The maximum absolute atomic E-state index is 8.93. The highest BCUT2D eigenvalue weighted by atomic mass is 16.3. The number of aromatic nitrogens is 2. The molecule has 84 valence electrons. The Morgan fingerprint density at radius 1 is 1.33 bits per heavy atom. The first kappa shape index (κ1) is 11.7. The molecule has 1 rings (SSSR count). The van der Waals surface area contributed by atoms with Gasteiger partial charge in [0.05, 0.1) is 24.7 Å². The molecule has 0 amide bonds. The Hall–Kier alpha value is -1.36. The predicted molar refractivity (Wildman–Crippen MR) is 60.7 cm³/mol. The highest BCUT2D eigenvalue weighted by Crippen LogP contribution is 2.08. The van der Waals surface area contributed by atoms with Crippen LogP contribution >= 0.6 is 0 Å². The zero-order valence-corrected chi connectivity index (χ0v) is 9.06. The number of hydrogen-bond acceptors (Lipinski definition) is 5. The summed E-state index contributed by atoms with van der Waals surface area (Å²) in [5.41, 5.74) is 6.06. The van der Waals surface area contributed by atoms with Crippen molar-refractivity contribution in [1.29, 1.82) is 0 Å². The predicted octanol–water partition coefficient (Wildman–Crippen LogP) is 0.658. The molecule has 3 N–H and O–H groups in total. The van der Waals surface area contributed by atoms with Crippen LogP contribution in [-0.2, 0) is 0 Å². The van der Waals surface area contributed by atoms with E-state index in [0.29, 0.717) is 18.2 Å². The Balaban J connectivity index is 2.65. The minimum atomic E-state index is 0.109. The number of nitrogen functional groups attached to an aromatic ring is 1. The third kappa shape index (κ3) is 3.71. The lowest BCUT2D eigenvalue weighted by Gasteiger charge is -2.20. The molecule has 0 atom stereocenters. The SMILES string of the molecule is CCCCN(CCO)c1ncc(N)cn1. The van der Waals surface area contributed by atoms with Gasteiger partial charge in [-0.15, -0.1) is 0 Å². The number of nitrogens with two attached hydrogens (primary N) is 1. The van der Waals surface area contributed by atoms with E-state index in [1.807, 2.05) is 4.90 Å². The molecule has 0 spiro atoms. The Labute approximate surface area is 90.0 Å². The minimum Gasteiger partial charge on any atom is -0.396 e. The topological polar surface area (TPSA) is 75.3 Å². The average Bonchev–Trinajstić information content (AvgIpc) is 2.25. The molecule has 0 aromatic carbocycles. The summed E-state index contributed by atoms with van der Waals surface area (Å²) < 4.78 is 0. The van der Waals surface area contributed by atoms with Crippen LogP contribution in [0.5, 0.6) is 0 Å². The largest absolute Gasteiger partial charge is 0.396 e. The molecule has 0 unspecified atom stereocenters. The van der Waals surface area contributed by atoms with Crippen LogP contribution in [0.3, 0.4) is 0 Å². The van der Waals surface area contributed by atoms with Crippen molar-refractivity contribution in [3.05, 3.63) is 12.4 Å². The van der Waals surface area contributed by atoms with Crippen LogP contribution in [-0.4, -0.2) is 34.8 Å². The molecule has 0 aliphatic rings. The highest BCUT2D eigenvalue weighted by Gasteiger charge is 2.07. The second kappa shape index (κ2) is 6.19. The van der Waals surface area contributed by atoms with Gasteiger partial charge in [-0.25, -0.2) is 9.97 Å². The summed E-state index contributed by atoms with van der Waals surface area (Å²) in [6.07, 6.45) is 5.34. The van der Waals surface area contributed by atoms with Gasteiger partial charge < -0.3 is 15.7 Å². The van der Waals surface area contributed by atoms with Gasteiger partial charge in [-0.3, -0.25) is 0 Å². The minimum absolute atomic E-state index is 0.109. The Kier molecular flexibility index (Phi) is 4.83. The first-order valence-electron chi connectivity index (χ1n) is 5.21. The summed E-state index contributed by atoms with van der Waals surface area (Å²) in [6.45, 7) is 3.66. The van der Waals surface area contributed by atoms with E-state index in [4.69, 9.17) is 10.8 Å². The summed E-state index contributed by atoms with van der Waals surface area (Å²) in [5.74, 6) is 0.631. The van der Waals surface area contributed by atoms with Gasteiger partial charge >= 0.3 is 0 Å². The van der Waals surface area contributed by atoms with Crippen LogP contribution in [0.15, 0.2) is 12.4 Å². The van der Waals surface area contributed by atoms with Crippen molar-refractivity contribution in [1.82, 2.24) is 9.97 Å². The summed E-state index contributed by atoms with van der Waals surface area (Å²) in [4.78, 5) is 10.2. The summed E-state index contributed by atoms with van der Waals surface area (Å²) in [7, 11) is 0. The monoisotopic (exact) mass is 210 g/mol. The molecule has 5 heteroatoms. The van der Waals surface area contributed by atoms with Crippen LogP contribution in [0, 0.1) is 0 Å². The van der Waals surface area contributed by atoms with Crippen molar-refractivity contribution in [2.24, 2.45) is 0 Å². The number of hydrogen-bond donors (Lipinski definition) is 2. The van der Waals surface area contributed by atoms with Crippen molar-refractivity contribution in [3.63, 3.8) is 0 Å². The van der Waals surface area contributed by atoms with Crippen LogP contribution in [0.2, 0.25) is 0 Å². The molecular formula is C10H18N4O. The molecule has 1 aromatic heterocycles. The van der Waals surface area contributed by atoms with Crippen molar-refractivity contribution >= 4 is 11.6 Å². The number of anilines is 2. The van der Waals surface area contributed by atoms with E-state index in [1.54, 1.807) is 12.4 Å². The molecule has 0 aliphatic heterocycles. The van der Waals surface area contributed by atoms with Gasteiger partial charge in [-0.05, 0) is 6.42 Å². The van der Waals surface area contributed by atoms with Gasteiger partial charge in [-0.2, -0.15) is 0 Å². The van der Waals surface area contributed by atoms with Crippen LogP contribution < -0.4 is 10.6 Å². The Bertz CT molecular complexity index is 275. The maximum Gasteiger partial charge on any atom is 0.225 e. The van der Waals surface area contributed by atoms with Crippen LogP contribution in [0.25, 0.3) is 0 Å². The lowest BCUT2D eigenvalue weighted by atomic mass is 10.3. The molecule has 1 aromatic rings. The lowest BCUT2D eigenvalue weighted by Crippen LogP contribution is -2.29. The molecule has 15 heavy (non-hydrogen) atoms. The quantitative estimate of drug-likeness (QED) is 0.721. The molecular weight excluding hydrogens is 192 g/mol. The molecule has 5 nitrogen and oxygen atoms in total. The number of unbranched alkanes of at least 4 members (excludes halogenated alkanes) is 1. The van der Waals surface area contributed by atoms with Crippen molar-refractivity contribution in [3.8, 4) is 0 Å². The van der Waals surface area contributed by atoms with E-state index in [1.165, 1.54) is 0 Å². The molecule has 0 saturated carbocycles. The number of aliphatic hydroxyl groups is 1. The number of rotatable bonds is 6. The normalized spacial score (nSPS) is 10.3. The molecule has 0 saturated heterocycles. The zero-order valence-electron chi connectivity index (χ0n) is 9.06. The smallest absolute Gasteiger partial charge is 0.225 e. The third-order valence-electron chi connectivity index (χ3n) is 2.09. The summed E-state index contributed by atoms with van der Waals surface area (Å²) in [5, 5.41) is 8.93. The Morgan fingerprint density at radius 2 is 2.00 bits per heavy atom. The average molecular weight is 210 g/mol. The van der Waals surface area contributed by atoms with Gasteiger partial charge in [0, 0.05) is 13.1 Å². The van der Waals surface area contributed by atoms with E-state index < -0.39 is 0 Å². The molecule has 1 heterocycles. The number of aliphatic hydroxyl groups excluding tert-OH is 1. The third-order valence-corrected chi connectivity index (χ3v) is 2.09. The number of nitrogens with zero attached hydrogens (tertiary/aromatic N) is 3. The van der Waals surface area contributed by atoms with Gasteiger partial charge in [0.25, 0.3) is 0 Å². The van der Waals surface area contributed by atoms with Crippen LogP contribution in [0.4, 0.5) is 11.6 Å². The zero-order chi connectivity index (χ0) is 11.1. The van der Waals surface area contributed by atoms with Gasteiger partial charge in [0.15, 0.2) is 0 Å². The maximum atomic E-state index is 8.93. The van der Waals surface area contributed by atoms with Crippen molar-refractivity contribution < 1.29 is 5.11 Å². The summed E-state index contributed by atoms with van der Waals surface area (Å²) >= 11 is 0. The van der Waals surface area contributed by atoms with Gasteiger partial charge in [0.1, 0.15) is 0 Å². The van der Waals surface area contributed by atoms with Gasteiger partial charge in [0.2, 0.25) is 5.95 Å². The van der Waals surface area contributed by atoms with E-state index >= 15 is 0 Å². The summed E-state index contributed by atoms with van der Waals surface area (Å²) in [6, 6.07) is 0. The van der Waals surface area contributed by atoms with E-state index in [-0.39, 0.29) is 6.61 Å². The fourth-order valence-corrected chi connectivity index (χ4v) is 1.28. The van der Waals surface area contributed by atoms with E-state index in [2.05, 4.69) is 16.9 Å². The Morgan fingerprint density at radius 3 is 2.53 bits per heavy atom. The molecule has 0 fully saturated rings. The first-order chi connectivity index (χ1) is 7.27. The second-order valence-corrected chi connectivity index (χ2v) is 3.38. The molecule has 0 bridgehead atoms. The van der Waals surface area contributed by atoms with Crippen molar-refractivity contribution in [2.45, 2.75) is 19.8 Å². The first-order valence-corrected chi connectivity index (χ1v) is 5.21. The fourth-order valence-electron chi connectivity index (χ4n) is 1.28. The standard InChI is InChI=1S/C10H18N4O/c1-2-3-4-14(5-6-15)10-12-7-9(11)8-13-10/h7-8,15H,2-6,11H2,1H3. The van der Waals surface area contributed by atoms with E-state index in [9.17, 15) is 0 Å². The van der Waals surface area contributed by atoms with Crippen LogP contribution in [0.1, 0.15) is 19.8 Å². The van der Waals surface area contributed by atoms with Crippen molar-refractivity contribution in [2.75, 3.05) is 30.3 Å². The highest BCUT2D eigenvalue weighted by molar-refractivity contribution is 5.37.